The topological polar surface area (TPSA) is 94.5 Å². The van der Waals surface area contributed by atoms with Gasteiger partial charge in [-0.3, -0.25) is 4.90 Å². The Kier molecular flexibility index (Phi) is 10.8. The normalized spacial score (nSPS) is 21.1. The predicted octanol–water partition coefficient (Wildman–Crippen LogP) is 6.13. The first-order valence-electron chi connectivity index (χ1n) is 14.6. The van der Waals surface area contributed by atoms with Crippen LogP contribution in [0.15, 0.2) is 115 Å². The number of carboxylic acid groups (broad SMARTS) is 1. The van der Waals surface area contributed by atoms with Gasteiger partial charge in [-0.25, -0.2) is 4.79 Å². The number of benzene rings is 4. The maximum absolute atomic E-state index is 12.9. The third-order valence-corrected chi connectivity index (χ3v) is 7.89. The summed E-state index contributed by atoms with van der Waals surface area (Å²) >= 11 is 0. The van der Waals surface area contributed by atoms with Crippen molar-refractivity contribution in [3.05, 3.63) is 138 Å². The number of aldehydes is 1. The van der Waals surface area contributed by atoms with Crippen LogP contribution in [-0.4, -0.2) is 53.8 Å². The molecule has 1 saturated carbocycles. The molecule has 5 rings (SSSR count). The first-order chi connectivity index (χ1) is 21.6. The lowest BCUT2D eigenvalue weighted by Gasteiger charge is -2.34. The van der Waals surface area contributed by atoms with Crippen molar-refractivity contribution in [2.75, 3.05) is 7.11 Å². The molecule has 1 amide bonds. The van der Waals surface area contributed by atoms with Crippen molar-refractivity contribution in [3.8, 4) is 5.75 Å². The highest BCUT2D eigenvalue weighted by Gasteiger charge is 2.56. The Morgan fingerprint density at radius 2 is 1.11 bits per heavy atom. The molecule has 0 radical (unpaired) electrons. The van der Waals surface area contributed by atoms with Crippen molar-refractivity contribution in [2.24, 2.45) is 5.92 Å². The molecule has 1 N–H and O–H groups in total. The van der Waals surface area contributed by atoms with E-state index < -0.39 is 36.4 Å². The smallest absolute Gasteiger partial charge is 0.407 e. The van der Waals surface area contributed by atoms with E-state index in [1.165, 1.54) is 4.90 Å². The number of amides is 1. The number of hydrogen-bond donors (Lipinski definition) is 1. The number of rotatable bonds is 14. The molecule has 0 unspecified atom stereocenters. The summed E-state index contributed by atoms with van der Waals surface area (Å²) in [6.07, 6.45) is -2.68. The molecule has 5 atom stereocenters. The van der Waals surface area contributed by atoms with Crippen LogP contribution in [0.25, 0.3) is 0 Å². The van der Waals surface area contributed by atoms with Crippen LogP contribution in [0.4, 0.5) is 4.79 Å². The summed E-state index contributed by atoms with van der Waals surface area (Å²) in [5.41, 5.74) is 3.53. The van der Waals surface area contributed by atoms with Crippen molar-refractivity contribution in [1.29, 1.82) is 0 Å². The molecule has 1 aliphatic rings. The average Bonchev–Trinajstić information content (AvgIpc) is 3.37. The molecule has 0 heterocycles. The van der Waals surface area contributed by atoms with Crippen LogP contribution < -0.4 is 4.74 Å². The number of carbonyl (C=O) groups excluding carboxylic acids is 1. The van der Waals surface area contributed by atoms with E-state index in [-0.39, 0.29) is 26.4 Å². The van der Waals surface area contributed by atoms with Gasteiger partial charge in [-0.05, 0) is 34.4 Å². The Hall–Kier alpha value is -4.50. The van der Waals surface area contributed by atoms with E-state index >= 15 is 0 Å². The van der Waals surface area contributed by atoms with Crippen molar-refractivity contribution in [3.63, 3.8) is 0 Å². The second kappa shape index (κ2) is 15.3. The number of ether oxygens (including phenoxy) is 4. The molecule has 0 saturated heterocycles. The SMILES string of the molecule is COc1ccc(CN(C(=O)O)[C@H]2[C@H](C=O)[C@@H](OCc3ccccc3)[C@H](OCc3ccccc3)[C@@H]2OCc2ccccc2)cc1. The molecule has 0 aromatic heterocycles. The summed E-state index contributed by atoms with van der Waals surface area (Å²) < 4.78 is 24.8. The third-order valence-electron chi connectivity index (χ3n) is 7.89. The van der Waals surface area contributed by atoms with Crippen LogP contribution in [0, 0.1) is 5.92 Å². The highest BCUT2D eigenvalue weighted by atomic mass is 16.6. The third kappa shape index (κ3) is 7.71. The lowest BCUT2D eigenvalue weighted by molar-refractivity contribution is -0.134. The van der Waals surface area contributed by atoms with Gasteiger partial charge in [-0.2, -0.15) is 0 Å². The van der Waals surface area contributed by atoms with Gasteiger partial charge in [0.1, 0.15) is 24.2 Å². The molecule has 228 valence electrons. The summed E-state index contributed by atoms with van der Waals surface area (Å²) in [6.45, 7) is 0.715. The van der Waals surface area contributed by atoms with Crippen LogP contribution in [-0.2, 0) is 45.4 Å². The van der Waals surface area contributed by atoms with Crippen molar-refractivity contribution >= 4 is 12.4 Å². The summed E-state index contributed by atoms with van der Waals surface area (Å²) in [5, 5.41) is 10.5. The van der Waals surface area contributed by atoms with Gasteiger partial charge in [0, 0.05) is 6.54 Å². The highest BCUT2D eigenvalue weighted by molar-refractivity contribution is 5.68. The molecule has 8 heteroatoms. The molecule has 1 fully saturated rings. The fourth-order valence-corrected chi connectivity index (χ4v) is 5.67. The number of nitrogens with zero attached hydrogens (tertiary/aromatic N) is 1. The van der Waals surface area contributed by atoms with Gasteiger partial charge >= 0.3 is 6.09 Å². The second-order valence-corrected chi connectivity index (χ2v) is 10.7. The molecular formula is C36H37NO7. The van der Waals surface area contributed by atoms with E-state index in [0.29, 0.717) is 5.75 Å². The minimum atomic E-state index is -1.17. The van der Waals surface area contributed by atoms with E-state index in [0.717, 1.165) is 28.5 Å². The Morgan fingerprint density at radius 1 is 0.659 bits per heavy atom. The summed E-state index contributed by atoms with van der Waals surface area (Å²) in [7, 11) is 1.58. The fraction of sp³-hybridized carbons (Fsp3) is 0.278. The van der Waals surface area contributed by atoms with E-state index in [9.17, 15) is 14.7 Å². The molecule has 4 aromatic carbocycles. The van der Waals surface area contributed by atoms with E-state index in [4.69, 9.17) is 18.9 Å². The monoisotopic (exact) mass is 595 g/mol. The minimum Gasteiger partial charge on any atom is -0.497 e. The molecule has 4 aromatic rings. The van der Waals surface area contributed by atoms with Crippen molar-refractivity contribution in [2.45, 2.75) is 50.7 Å². The zero-order valence-electron chi connectivity index (χ0n) is 24.6. The summed E-state index contributed by atoms with van der Waals surface area (Å²) in [4.78, 5) is 27.1. The average molecular weight is 596 g/mol. The lowest BCUT2D eigenvalue weighted by atomic mass is 10.0. The quantitative estimate of drug-likeness (QED) is 0.175. The van der Waals surface area contributed by atoms with Gasteiger partial charge in [0.05, 0.1) is 45.0 Å². The van der Waals surface area contributed by atoms with Crippen molar-refractivity contribution in [1.82, 2.24) is 4.90 Å². The summed E-state index contributed by atoms with van der Waals surface area (Å²) in [6, 6.07) is 35.3. The highest BCUT2D eigenvalue weighted by Crippen LogP contribution is 2.38. The maximum atomic E-state index is 12.9. The Morgan fingerprint density at radius 3 is 1.55 bits per heavy atom. The van der Waals surface area contributed by atoms with Crippen LogP contribution in [0.5, 0.6) is 5.75 Å². The minimum absolute atomic E-state index is 0.0380. The molecule has 44 heavy (non-hydrogen) atoms. The molecular weight excluding hydrogens is 558 g/mol. The Bertz CT molecular complexity index is 1450. The predicted molar refractivity (Wildman–Crippen MR) is 165 cm³/mol. The Labute approximate surface area is 257 Å². The van der Waals surface area contributed by atoms with E-state index in [1.54, 1.807) is 19.2 Å². The molecule has 0 spiro atoms. The molecule has 0 bridgehead atoms. The van der Waals surface area contributed by atoms with Gasteiger partial charge in [0.25, 0.3) is 0 Å². The van der Waals surface area contributed by atoms with Gasteiger partial charge in [0.15, 0.2) is 0 Å². The fourth-order valence-electron chi connectivity index (χ4n) is 5.67. The second-order valence-electron chi connectivity index (χ2n) is 10.7. The Balaban J connectivity index is 1.51. The molecule has 0 aliphatic heterocycles. The number of methoxy groups -OCH3 is 1. The number of hydrogen-bond acceptors (Lipinski definition) is 6. The van der Waals surface area contributed by atoms with E-state index in [1.807, 2.05) is 103 Å². The van der Waals surface area contributed by atoms with Gasteiger partial charge in [-0.15, -0.1) is 0 Å². The van der Waals surface area contributed by atoms with Crippen LogP contribution in [0.1, 0.15) is 22.3 Å². The molecule has 8 nitrogen and oxygen atoms in total. The van der Waals surface area contributed by atoms with E-state index in [2.05, 4.69) is 0 Å². The van der Waals surface area contributed by atoms with Gasteiger partial charge in [0.2, 0.25) is 0 Å². The first-order valence-corrected chi connectivity index (χ1v) is 14.6. The maximum Gasteiger partial charge on any atom is 0.407 e. The largest absolute Gasteiger partial charge is 0.497 e. The first kappa shape index (κ1) is 30.9. The summed E-state index contributed by atoms with van der Waals surface area (Å²) in [5.74, 6) is -0.190. The molecule has 1 aliphatic carbocycles. The zero-order valence-corrected chi connectivity index (χ0v) is 24.6. The lowest BCUT2D eigenvalue weighted by Crippen LogP contribution is -2.50. The van der Waals surface area contributed by atoms with Crippen molar-refractivity contribution < 1.29 is 33.6 Å². The zero-order chi connectivity index (χ0) is 30.7. The standard InChI is InChI=1S/C36H37NO7/c1-41-30-19-17-26(18-20-30)21-37(36(39)40)32-31(22-38)33(42-23-27-11-5-2-6-12-27)35(44-25-29-15-9-4-10-16-29)34(32)43-24-28-13-7-3-8-14-28/h2-20,22,31-35H,21,23-25H2,1H3,(H,39,40)/t31-,32-,33+,34+,35-/m0/s1. The van der Waals surface area contributed by atoms with Crippen LogP contribution in [0.3, 0.4) is 0 Å². The van der Waals surface area contributed by atoms with Crippen LogP contribution in [0.2, 0.25) is 0 Å². The van der Waals surface area contributed by atoms with Gasteiger partial charge < -0.3 is 28.8 Å². The van der Waals surface area contributed by atoms with Gasteiger partial charge in [-0.1, -0.05) is 103 Å². The van der Waals surface area contributed by atoms with Crippen LogP contribution >= 0.6 is 0 Å². The number of carbonyl (C=O) groups is 2.